The maximum Gasteiger partial charge on any atom is 0.160 e. The molecule has 0 amide bonds. The number of aromatic nitrogens is 4. The van der Waals surface area contributed by atoms with Crippen LogP contribution in [0.15, 0.2) is 30.3 Å². The lowest BCUT2D eigenvalue weighted by molar-refractivity contribution is 0.123. The Morgan fingerprint density at radius 2 is 1.85 bits per heavy atom. The van der Waals surface area contributed by atoms with E-state index in [1.807, 2.05) is 18.2 Å². The van der Waals surface area contributed by atoms with Crippen LogP contribution in [0.1, 0.15) is 0 Å². The molecule has 1 saturated heterocycles. The van der Waals surface area contributed by atoms with Gasteiger partial charge in [-0.3, -0.25) is 5.10 Å². The van der Waals surface area contributed by atoms with Gasteiger partial charge in [0, 0.05) is 24.5 Å². The van der Waals surface area contributed by atoms with Crippen LogP contribution in [0.5, 0.6) is 0 Å². The number of morpholine rings is 1. The number of nitrogens with zero attached hydrogens (tertiary/aromatic N) is 3. The summed E-state index contributed by atoms with van der Waals surface area (Å²) in [5, 5.41) is 7.42. The van der Waals surface area contributed by atoms with Crippen molar-refractivity contribution in [3.05, 3.63) is 42.0 Å². The van der Waals surface area contributed by atoms with E-state index in [1.54, 1.807) is 0 Å². The van der Waals surface area contributed by atoms with Crippen molar-refractivity contribution in [1.82, 2.24) is 20.2 Å². The molecule has 1 aliphatic rings. The van der Waals surface area contributed by atoms with Crippen molar-refractivity contribution in [2.75, 3.05) is 31.2 Å². The van der Waals surface area contributed by atoms with E-state index in [2.05, 4.69) is 20.1 Å². The fraction of sp³-hybridized carbons (Fsp3) is 0.222. The number of nitrogens with one attached hydrogen (secondary N) is 2. The first-order chi connectivity index (χ1) is 12.7. The van der Waals surface area contributed by atoms with E-state index in [0.717, 1.165) is 41.9 Å². The number of aromatic amines is 2. The fourth-order valence-electron chi connectivity index (χ4n) is 3.38. The molecule has 132 valence electrons. The molecule has 0 radical (unpaired) electrons. The van der Waals surface area contributed by atoms with Crippen LogP contribution in [0.25, 0.3) is 33.5 Å². The van der Waals surface area contributed by atoms with Crippen molar-refractivity contribution in [2.45, 2.75) is 0 Å². The molecule has 0 saturated carbocycles. The van der Waals surface area contributed by atoms with Crippen LogP contribution < -0.4 is 4.90 Å². The topological polar surface area (TPSA) is 69.8 Å². The van der Waals surface area contributed by atoms with E-state index in [-0.39, 0.29) is 0 Å². The van der Waals surface area contributed by atoms with E-state index in [0.29, 0.717) is 35.6 Å². The minimum atomic E-state index is -0.912. The van der Waals surface area contributed by atoms with Crippen molar-refractivity contribution >= 4 is 27.6 Å². The van der Waals surface area contributed by atoms with Crippen LogP contribution in [0.2, 0.25) is 0 Å². The number of anilines is 1. The molecule has 2 aromatic heterocycles. The Balaban J connectivity index is 1.65. The molecule has 4 aromatic rings. The number of benzene rings is 2. The number of hydrogen-bond donors (Lipinski definition) is 2. The predicted octanol–water partition coefficient (Wildman–Crippen LogP) is 3.22. The number of para-hydroxylation sites is 1. The Hall–Kier alpha value is -3.00. The summed E-state index contributed by atoms with van der Waals surface area (Å²) in [6, 6.07) is 8.16. The molecular weight excluding hydrogens is 340 g/mol. The fourth-order valence-corrected chi connectivity index (χ4v) is 3.38. The maximum absolute atomic E-state index is 13.7. The number of rotatable bonds is 2. The molecule has 5 rings (SSSR count). The summed E-state index contributed by atoms with van der Waals surface area (Å²) in [5.74, 6) is -1.31. The highest BCUT2D eigenvalue weighted by Crippen LogP contribution is 2.31. The van der Waals surface area contributed by atoms with Crippen LogP contribution in [-0.2, 0) is 4.74 Å². The highest BCUT2D eigenvalue weighted by molar-refractivity contribution is 5.95. The SMILES string of the molecule is Fc1cc2[nH]nc(-c3nc4c(N5CCOCC5)cccc4[nH]3)c2cc1F. The second kappa shape index (κ2) is 5.77. The van der Waals surface area contributed by atoms with Crippen LogP contribution in [0.3, 0.4) is 0 Å². The third-order valence-electron chi connectivity index (χ3n) is 4.67. The van der Waals surface area contributed by atoms with E-state index in [9.17, 15) is 8.78 Å². The highest BCUT2D eigenvalue weighted by Gasteiger charge is 2.19. The molecule has 2 aromatic carbocycles. The summed E-state index contributed by atoms with van der Waals surface area (Å²) in [7, 11) is 0. The summed E-state index contributed by atoms with van der Waals surface area (Å²) in [4.78, 5) is 10.2. The first-order valence-corrected chi connectivity index (χ1v) is 8.35. The van der Waals surface area contributed by atoms with E-state index >= 15 is 0 Å². The zero-order valence-corrected chi connectivity index (χ0v) is 13.7. The van der Waals surface area contributed by atoms with Crippen LogP contribution in [0.4, 0.5) is 14.5 Å². The van der Waals surface area contributed by atoms with Gasteiger partial charge in [-0.15, -0.1) is 0 Å². The Labute approximate surface area is 146 Å². The Morgan fingerprint density at radius 3 is 2.69 bits per heavy atom. The average Bonchev–Trinajstić information content (AvgIpc) is 3.26. The first-order valence-electron chi connectivity index (χ1n) is 8.35. The summed E-state index contributed by atoms with van der Waals surface area (Å²) in [6.07, 6.45) is 0. The number of hydrogen-bond acceptors (Lipinski definition) is 4. The normalized spacial score (nSPS) is 15.2. The zero-order chi connectivity index (χ0) is 17.7. The standard InChI is InChI=1S/C18H15F2N5O/c19-11-8-10-14(9-12(11)20)23-24-16(10)18-21-13-2-1-3-15(17(13)22-18)25-4-6-26-7-5-25/h1-3,8-9H,4-7H2,(H,21,22)(H,23,24). The van der Waals surface area contributed by atoms with Crippen molar-refractivity contribution in [1.29, 1.82) is 0 Å². The van der Waals surface area contributed by atoms with Gasteiger partial charge in [-0.2, -0.15) is 5.10 Å². The lowest BCUT2D eigenvalue weighted by Crippen LogP contribution is -2.36. The van der Waals surface area contributed by atoms with E-state index in [4.69, 9.17) is 9.72 Å². The van der Waals surface area contributed by atoms with Crippen molar-refractivity contribution in [3.63, 3.8) is 0 Å². The van der Waals surface area contributed by atoms with Gasteiger partial charge in [0.25, 0.3) is 0 Å². The third-order valence-corrected chi connectivity index (χ3v) is 4.67. The molecule has 26 heavy (non-hydrogen) atoms. The second-order valence-corrected chi connectivity index (χ2v) is 6.24. The molecular formula is C18H15F2N5O. The minimum absolute atomic E-state index is 0.424. The van der Waals surface area contributed by atoms with Crippen molar-refractivity contribution < 1.29 is 13.5 Å². The summed E-state index contributed by atoms with van der Waals surface area (Å²) >= 11 is 0. The summed E-state index contributed by atoms with van der Waals surface area (Å²) in [5.41, 5.74) is 3.59. The van der Waals surface area contributed by atoms with Gasteiger partial charge >= 0.3 is 0 Å². The zero-order valence-electron chi connectivity index (χ0n) is 13.7. The lowest BCUT2D eigenvalue weighted by atomic mass is 10.2. The molecule has 8 heteroatoms. The largest absolute Gasteiger partial charge is 0.378 e. The number of ether oxygens (including phenoxy) is 1. The number of fused-ring (bicyclic) bond motifs is 2. The maximum atomic E-state index is 13.7. The quantitative estimate of drug-likeness (QED) is 0.579. The average molecular weight is 355 g/mol. The summed E-state index contributed by atoms with van der Waals surface area (Å²) < 4.78 is 32.5. The predicted molar refractivity (Wildman–Crippen MR) is 94.1 cm³/mol. The highest BCUT2D eigenvalue weighted by atomic mass is 19.2. The smallest absolute Gasteiger partial charge is 0.160 e. The molecule has 0 spiro atoms. The van der Waals surface area contributed by atoms with Gasteiger partial charge in [-0.1, -0.05) is 6.07 Å². The van der Waals surface area contributed by atoms with Gasteiger partial charge in [-0.25, -0.2) is 13.8 Å². The molecule has 0 bridgehead atoms. The molecule has 2 N–H and O–H groups in total. The molecule has 1 aliphatic heterocycles. The number of imidazole rings is 1. The number of halogens is 2. The third kappa shape index (κ3) is 2.33. The lowest BCUT2D eigenvalue weighted by Gasteiger charge is -2.28. The Kier molecular flexibility index (Phi) is 3.39. The Bertz CT molecular complexity index is 1110. The van der Waals surface area contributed by atoms with E-state index in [1.165, 1.54) is 0 Å². The number of H-pyrrole nitrogens is 2. The van der Waals surface area contributed by atoms with Gasteiger partial charge < -0.3 is 14.6 Å². The van der Waals surface area contributed by atoms with Gasteiger partial charge in [0.1, 0.15) is 11.2 Å². The molecule has 0 aliphatic carbocycles. The van der Waals surface area contributed by atoms with Gasteiger partial charge in [0.15, 0.2) is 17.5 Å². The van der Waals surface area contributed by atoms with Crippen molar-refractivity contribution in [2.24, 2.45) is 0 Å². The van der Waals surface area contributed by atoms with Crippen LogP contribution >= 0.6 is 0 Å². The van der Waals surface area contributed by atoms with Crippen LogP contribution in [0, 0.1) is 11.6 Å². The second-order valence-electron chi connectivity index (χ2n) is 6.24. The van der Waals surface area contributed by atoms with Gasteiger partial charge in [0.05, 0.1) is 29.9 Å². The molecule has 0 unspecified atom stereocenters. The monoisotopic (exact) mass is 355 g/mol. The minimum Gasteiger partial charge on any atom is -0.378 e. The molecule has 1 fully saturated rings. The molecule has 0 atom stereocenters. The Morgan fingerprint density at radius 1 is 1.04 bits per heavy atom. The molecule has 6 nitrogen and oxygen atoms in total. The van der Waals surface area contributed by atoms with Gasteiger partial charge in [-0.05, 0) is 18.2 Å². The van der Waals surface area contributed by atoms with Gasteiger partial charge in [0.2, 0.25) is 0 Å². The summed E-state index contributed by atoms with van der Waals surface area (Å²) in [6.45, 7) is 2.97. The van der Waals surface area contributed by atoms with Crippen LogP contribution in [-0.4, -0.2) is 46.5 Å². The first kappa shape index (κ1) is 15.3. The molecule has 3 heterocycles. The van der Waals surface area contributed by atoms with Crippen molar-refractivity contribution in [3.8, 4) is 11.5 Å². The van der Waals surface area contributed by atoms with E-state index < -0.39 is 11.6 Å².